The van der Waals surface area contributed by atoms with Crippen LogP contribution in [-0.4, -0.2) is 50.7 Å². The van der Waals surface area contributed by atoms with Gasteiger partial charge in [-0.15, -0.1) is 11.3 Å². The van der Waals surface area contributed by atoms with Crippen molar-refractivity contribution in [2.75, 3.05) is 37.3 Å². The van der Waals surface area contributed by atoms with Gasteiger partial charge in [-0.05, 0) is 12.1 Å². The Balaban J connectivity index is 1.69. The molecule has 1 saturated heterocycles. The molecule has 1 aliphatic heterocycles. The number of nitrogens with zero attached hydrogens (tertiary/aromatic N) is 3. The number of rotatable bonds is 4. The second kappa shape index (κ2) is 6.36. The number of anilines is 1. The van der Waals surface area contributed by atoms with Crippen LogP contribution in [0.4, 0.5) is 5.69 Å². The molecule has 1 aromatic carbocycles. The summed E-state index contributed by atoms with van der Waals surface area (Å²) in [5, 5.41) is 2.07. The highest BCUT2D eigenvalue weighted by atomic mass is 32.2. The van der Waals surface area contributed by atoms with Crippen molar-refractivity contribution >= 4 is 26.9 Å². The van der Waals surface area contributed by atoms with Gasteiger partial charge in [0.2, 0.25) is 0 Å². The molecule has 22 heavy (non-hydrogen) atoms. The van der Waals surface area contributed by atoms with Crippen molar-refractivity contribution in [2.45, 2.75) is 11.4 Å². The van der Waals surface area contributed by atoms with Crippen LogP contribution in [0.15, 0.2) is 40.1 Å². The van der Waals surface area contributed by atoms with Gasteiger partial charge in [-0.3, -0.25) is 4.90 Å². The minimum absolute atomic E-state index is 0.419. The molecule has 2 aromatic rings. The minimum atomic E-state index is -3.20. The molecule has 0 unspecified atom stereocenters. The normalized spacial score (nSPS) is 16.9. The largest absolute Gasteiger partial charge is 0.368 e. The molecule has 118 valence electrons. The number of benzene rings is 1. The molecule has 7 heteroatoms. The maximum atomic E-state index is 11.9. The van der Waals surface area contributed by atoms with E-state index in [9.17, 15) is 8.42 Å². The Morgan fingerprint density at radius 3 is 2.55 bits per heavy atom. The highest BCUT2D eigenvalue weighted by molar-refractivity contribution is 7.90. The average Bonchev–Trinajstić information content (AvgIpc) is 3.00. The number of thiazole rings is 1. The van der Waals surface area contributed by atoms with Crippen LogP contribution < -0.4 is 4.90 Å². The molecule has 1 fully saturated rings. The lowest BCUT2D eigenvalue weighted by Crippen LogP contribution is -2.46. The van der Waals surface area contributed by atoms with Crippen LogP contribution in [-0.2, 0) is 16.4 Å². The van der Waals surface area contributed by atoms with Gasteiger partial charge < -0.3 is 4.90 Å². The van der Waals surface area contributed by atoms with Gasteiger partial charge in [0.1, 0.15) is 0 Å². The second-order valence-electron chi connectivity index (χ2n) is 5.48. The summed E-state index contributed by atoms with van der Waals surface area (Å²) in [5.74, 6) is 0. The highest BCUT2D eigenvalue weighted by Gasteiger charge is 2.22. The van der Waals surface area contributed by atoms with Crippen molar-refractivity contribution in [3.8, 4) is 0 Å². The maximum Gasteiger partial charge on any atom is 0.177 e. The van der Waals surface area contributed by atoms with E-state index in [4.69, 9.17) is 0 Å². The molecule has 1 aromatic heterocycles. The number of hydrogen-bond acceptors (Lipinski definition) is 6. The molecule has 0 amide bonds. The zero-order valence-electron chi connectivity index (χ0n) is 12.5. The minimum Gasteiger partial charge on any atom is -0.368 e. The van der Waals surface area contributed by atoms with Crippen molar-refractivity contribution in [1.29, 1.82) is 0 Å². The number of para-hydroxylation sites is 1. The molecule has 2 heterocycles. The summed E-state index contributed by atoms with van der Waals surface area (Å²) in [5.41, 5.74) is 3.78. The van der Waals surface area contributed by atoms with Crippen LogP contribution >= 0.6 is 11.3 Å². The van der Waals surface area contributed by atoms with Crippen LogP contribution in [0, 0.1) is 0 Å². The fraction of sp³-hybridized carbons (Fsp3) is 0.400. The Labute approximate surface area is 135 Å². The SMILES string of the molecule is CS(=O)(=O)c1ccccc1N1CCN(Cc2cscn2)CC1. The van der Waals surface area contributed by atoms with Gasteiger partial charge in [0.05, 0.1) is 21.8 Å². The van der Waals surface area contributed by atoms with Gasteiger partial charge in [-0.25, -0.2) is 13.4 Å². The van der Waals surface area contributed by atoms with Gasteiger partial charge in [0, 0.05) is 44.4 Å². The molecule has 0 atom stereocenters. The lowest BCUT2D eigenvalue weighted by Gasteiger charge is -2.36. The number of piperazine rings is 1. The third-order valence-corrected chi connectivity index (χ3v) is 5.63. The van der Waals surface area contributed by atoms with Gasteiger partial charge >= 0.3 is 0 Å². The average molecular weight is 337 g/mol. The smallest absolute Gasteiger partial charge is 0.177 e. The summed E-state index contributed by atoms with van der Waals surface area (Å²) in [6.45, 7) is 4.35. The van der Waals surface area contributed by atoms with E-state index < -0.39 is 9.84 Å². The molecule has 0 N–H and O–H groups in total. The fourth-order valence-corrected chi connectivity index (χ4v) is 4.18. The molecule has 0 aliphatic carbocycles. The molecule has 3 rings (SSSR count). The van der Waals surface area contributed by atoms with Crippen molar-refractivity contribution in [1.82, 2.24) is 9.88 Å². The highest BCUT2D eigenvalue weighted by Crippen LogP contribution is 2.26. The van der Waals surface area contributed by atoms with Gasteiger partial charge in [0.25, 0.3) is 0 Å². The first-order valence-corrected chi connectivity index (χ1v) is 10.0. The van der Waals surface area contributed by atoms with Gasteiger partial charge in [-0.1, -0.05) is 12.1 Å². The Kier molecular flexibility index (Phi) is 4.46. The van der Waals surface area contributed by atoms with Crippen molar-refractivity contribution in [3.05, 3.63) is 40.8 Å². The van der Waals surface area contributed by atoms with Crippen LogP contribution in [0.5, 0.6) is 0 Å². The van der Waals surface area contributed by atoms with Crippen LogP contribution in [0.25, 0.3) is 0 Å². The van der Waals surface area contributed by atoms with E-state index in [2.05, 4.69) is 20.2 Å². The van der Waals surface area contributed by atoms with Crippen molar-refractivity contribution in [2.24, 2.45) is 0 Å². The Morgan fingerprint density at radius 2 is 1.91 bits per heavy atom. The molecule has 0 bridgehead atoms. The standard InChI is InChI=1S/C15H19N3O2S2/c1-22(19,20)15-5-3-2-4-14(15)18-8-6-17(7-9-18)10-13-11-21-12-16-13/h2-5,11-12H,6-10H2,1H3. The molecule has 0 radical (unpaired) electrons. The van der Waals surface area contributed by atoms with Gasteiger partial charge in [-0.2, -0.15) is 0 Å². The zero-order valence-corrected chi connectivity index (χ0v) is 14.1. The number of aromatic nitrogens is 1. The van der Waals surface area contributed by atoms with E-state index in [1.165, 1.54) is 6.26 Å². The predicted molar refractivity (Wildman–Crippen MR) is 89.2 cm³/mol. The quantitative estimate of drug-likeness (QED) is 0.852. The predicted octanol–water partition coefficient (Wildman–Crippen LogP) is 1.87. The first-order valence-electron chi connectivity index (χ1n) is 7.17. The summed E-state index contributed by atoms with van der Waals surface area (Å²) in [7, 11) is -3.20. The summed E-state index contributed by atoms with van der Waals surface area (Å²) < 4.78 is 23.9. The molecule has 0 spiro atoms. The topological polar surface area (TPSA) is 53.5 Å². The zero-order chi connectivity index (χ0) is 15.6. The molecule has 0 saturated carbocycles. The Morgan fingerprint density at radius 1 is 1.18 bits per heavy atom. The maximum absolute atomic E-state index is 11.9. The van der Waals surface area contributed by atoms with Gasteiger partial charge in [0.15, 0.2) is 9.84 Å². The summed E-state index contributed by atoms with van der Waals surface area (Å²) in [6.07, 6.45) is 1.27. The summed E-state index contributed by atoms with van der Waals surface area (Å²) >= 11 is 1.62. The van der Waals surface area contributed by atoms with E-state index in [0.717, 1.165) is 44.1 Å². The first-order chi connectivity index (χ1) is 10.5. The van der Waals surface area contributed by atoms with E-state index in [-0.39, 0.29) is 0 Å². The van der Waals surface area contributed by atoms with E-state index in [0.29, 0.717) is 4.90 Å². The van der Waals surface area contributed by atoms with Crippen molar-refractivity contribution in [3.63, 3.8) is 0 Å². The number of hydrogen-bond donors (Lipinski definition) is 0. The van der Waals surface area contributed by atoms with Crippen LogP contribution in [0.3, 0.4) is 0 Å². The molecule has 1 aliphatic rings. The summed E-state index contributed by atoms with van der Waals surface area (Å²) in [6, 6.07) is 7.25. The van der Waals surface area contributed by atoms with Crippen LogP contribution in [0.1, 0.15) is 5.69 Å². The molecular formula is C15H19N3O2S2. The third-order valence-electron chi connectivity index (χ3n) is 3.85. The summed E-state index contributed by atoms with van der Waals surface area (Å²) in [4.78, 5) is 9.25. The second-order valence-corrected chi connectivity index (χ2v) is 8.19. The fourth-order valence-electron chi connectivity index (χ4n) is 2.72. The Hall–Kier alpha value is -1.44. The lowest BCUT2D eigenvalue weighted by atomic mass is 10.2. The van der Waals surface area contributed by atoms with Crippen molar-refractivity contribution < 1.29 is 8.42 Å². The van der Waals surface area contributed by atoms with E-state index >= 15 is 0 Å². The Bertz CT molecular complexity index is 721. The van der Waals surface area contributed by atoms with E-state index in [1.54, 1.807) is 23.5 Å². The molecular weight excluding hydrogens is 318 g/mol. The first kappa shape index (κ1) is 15.5. The third kappa shape index (κ3) is 3.48. The number of sulfone groups is 1. The monoisotopic (exact) mass is 337 g/mol. The van der Waals surface area contributed by atoms with Crippen LogP contribution in [0.2, 0.25) is 0 Å². The molecule has 5 nitrogen and oxygen atoms in total. The van der Waals surface area contributed by atoms with E-state index in [1.807, 2.05) is 17.6 Å². The lowest BCUT2D eigenvalue weighted by molar-refractivity contribution is 0.247.